The molecule has 0 saturated heterocycles. The first-order chi connectivity index (χ1) is 2.64. The number of halogens is 2. The van der Waals surface area contributed by atoms with Crippen LogP contribution >= 0.6 is 23.2 Å². The number of hydrogen-bond donors (Lipinski definition) is 0. The Balaban J connectivity index is 3.26. The molecule has 0 aromatic rings. The third-order valence-electron chi connectivity index (χ3n) is 0.313. The molecule has 0 bridgehead atoms. The summed E-state index contributed by atoms with van der Waals surface area (Å²) in [5.41, 5.74) is 0. The molecule has 0 saturated carbocycles. The maximum Gasteiger partial charge on any atom is 0.239 e. The van der Waals surface area contributed by atoms with E-state index in [-0.39, 0.29) is 0 Å². The summed E-state index contributed by atoms with van der Waals surface area (Å²) in [6, 6.07) is 0. The fourth-order valence-electron chi connectivity index (χ4n) is 0. The molecule has 0 radical (unpaired) electrons. The third-order valence-corrected chi connectivity index (χ3v) is 0.950. The Hall–Kier alpha value is 0.250. The summed E-state index contributed by atoms with van der Waals surface area (Å²) in [6.07, 6.45) is 0. The van der Waals surface area contributed by atoms with Gasteiger partial charge >= 0.3 is 0 Å². The van der Waals surface area contributed by atoms with E-state index >= 15 is 0 Å². The van der Waals surface area contributed by atoms with Crippen LogP contribution in [0.5, 0.6) is 0 Å². The molecule has 0 rings (SSSR count). The van der Waals surface area contributed by atoms with Crippen molar-refractivity contribution in [2.24, 2.45) is 0 Å². The van der Waals surface area contributed by atoms with E-state index in [1.807, 2.05) is 0 Å². The van der Waals surface area contributed by atoms with Gasteiger partial charge in [0.1, 0.15) is 5.38 Å². The number of hydrogen-bond acceptors (Lipinski definition) is 1. The van der Waals surface area contributed by atoms with E-state index in [4.69, 9.17) is 23.2 Å². The van der Waals surface area contributed by atoms with Crippen molar-refractivity contribution in [1.29, 1.82) is 0 Å². The first-order valence-electron chi connectivity index (χ1n) is 1.48. The van der Waals surface area contributed by atoms with E-state index in [1.165, 1.54) is 6.92 Å². The molecule has 1 nitrogen and oxygen atoms in total. The van der Waals surface area contributed by atoms with Crippen LogP contribution < -0.4 is 0 Å². The van der Waals surface area contributed by atoms with Crippen LogP contribution in [0.15, 0.2) is 0 Å². The summed E-state index contributed by atoms with van der Waals surface area (Å²) in [6.45, 7) is 1.52. The molecule has 0 aromatic carbocycles. The first kappa shape index (κ1) is 6.25. The van der Waals surface area contributed by atoms with Crippen LogP contribution in [0.25, 0.3) is 0 Å². The van der Waals surface area contributed by atoms with Crippen LogP contribution in [0.3, 0.4) is 0 Å². The van der Waals surface area contributed by atoms with Gasteiger partial charge in [0, 0.05) is 0 Å². The van der Waals surface area contributed by atoms with Crippen molar-refractivity contribution in [2.75, 3.05) is 0 Å². The third kappa shape index (κ3) is 2.49. The number of carbonyl (C=O) groups is 1. The molecular formula is C3H4Cl2O. The normalized spacial score (nSPS) is 13.8. The Labute approximate surface area is 46.2 Å². The molecule has 0 aliphatic rings. The van der Waals surface area contributed by atoms with Crippen molar-refractivity contribution >= 4 is 28.4 Å². The molecule has 1 atom stereocenters. The molecule has 0 fully saturated rings. The standard InChI is InChI=1S/C3H4Cl2O/c1-2(4)3(5)6/h2H,1H3/t2-/m1/s1. The van der Waals surface area contributed by atoms with Gasteiger partial charge in [-0.25, -0.2) is 0 Å². The van der Waals surface area contributed by atoms with Gasteiger partial charge in [-0.2, -0.15) is 0 Å². The van der Waals surface area contributed by atoms with Crippen molar-refractivity contribution in [2.45, 2.75) is 12.3 Å². The van der Waals surface area contributed by atoms with Crippen molar-refractivity contribution in [3.63, 3.8) is 0 Å². The second-order valence-corrected chi connectivity index (χ2v) is 1.95. The average molecular weight is 127 g/mol. The van der Waals surface area contributed by atoms with Crippen LogP contribution in [0.2, 0.25) is 0 Å². The van der Waals surface area contributed by atoms with Crippen LogP contribution in [0.4, 0.5) is 0 Å². The van der Waals surface area contributed by atoms with Crippen LogP contribution in [-0.2, 0) is 4.79 Å². The molecular weight excluding hydrogens is 123 g/mol. The quantitative estimate of drug-likeness (QED) is 0.384. The van der Waals surface area contributed by atoms with Crippen molar-refractivity contribution in [1.82, 2.24) is 0 Å². The summed E-state index contributed by atoms with van der Waals surface area (Å²) in [5, 5.41) is -1.05. The van der Waals surface area contributed by atoms with Crippen molar-refractivity contribution < 1.29 is 4.79 Å². The van der Waals surface area contributed by atoms with E-state index in [1.54, 1.807) is 0 Å². The maximum atomic E-state index is 9.78. The first-order valence-corrected chi connectivity index (χ1v) is 2.29. The Morgan fingerprint density at radius 1 is 1.83 bits per heavy atom. The summed E-state index contributed by atoms with van der Waals surface area (Å²) in [4.78, 5) is 9.78. The molecule has 0 spiro atoms. The Morgan fingerprint density at radius 3 is 2.00 bits per heavy atom. The predicted octanol–water partition coefficient (Wildman–Crippen LogP) is 1.38. The van der Waals surface area contributed by atoms with Gasteiger partial charge in [0.2, 0.25) is 5.24 Å². The van der Waals surface area contributed by atoms with Crippen molar-refractivity contribution in [3.8, 4) is 0 Å². The lowest BCUT2D eigenvalue weighted by atomic mass is 10.5. The van der Waals surface area contributed by atoms with Crippen LogP contribution in [-0.4, -0.2) is 10.6 Å². The fraction of sp³-hybridized carbons (Fsp3) is 0.667. The predicted molar refractivity (Wildman–Crippen MR) is 26.2 cm³/mol. The Morgan fingerprint density at radius 2 is 2.00 bits per heavy atom. The molecule has 0 aromatic heterocycles. The molecule has 0 heterocycles. The van der Waals surface area contributed by atoms with E-state index in [9.17, 15) is 4.79 Å². The minimum absolute atomic E-state index is 0.503. The second-order valence-electron chi connectivity index (χ2n) is 0.920. The SMILES string of the molecule is C[C@@H](Cl)C(=O)Cl. The highest BCUT2D eigenvalue weighted by molar-refractivity contribution is 6.69. The summed E-state index contributed by atoms with van der Waals surface area (Å²) in [7, 11) is 0. The van der Waals surface area contributed by atoms with E-state index in [0.717, 1.165) is 0 Å². The minimum Gasteiger partial charge on any atom is -0.280 e. The number of rotatable bonds is 1. The highest BCUT2D eigenvalue weighted by Gasteiger charge is 2.01. The largest absolute Gasteiger partial charge is 0.280 e. The average Bonchev–Trinajstić information content (AvgIpc) is 1.36. The molecule has 0 aliphatic carbocycles. The second kappa shape index (κ2) is 2.43. The van der Waals surface area contributed by atoms with E-state index in [0.29, 0.717) is 0 Å². The lowest BCUT2D eigenvalue weighted by Gasteiger charge is -1.85. The van der Waals surface area contributed by atoms with Gasteiger partial charge in [-0.3, -0.25) is 4.79 Å². The molecule has 0 amide bonds. The summed E-state index contributed by atoms with van der Waals surface area (Å²) in [5.74, 6) is 0. The highest BCUT2D eigenvalue weighted by atomic mass is 35.5. The zero-order valence-corrected chi connectivity index (χ0v) is 4.75. The maximum absolute atomic E-state index is 9.78. The van der Waals surface area contributed by atoms with E-state index < -0.39 is 10.6 Å². The highest BCUT2D eigenvalue weighted by Crippen LogP contribution is 1.96. The van der Waals surface area contributed by atoms with E-state index in [2.05, 4.69) is 0 Å². The minimum atomic E-state index is -0.549. The molecule has 0 aliphatic heterocycles. The number of carbonyl (C=O) groups excluding carboxylic acids is 1. The summed E-state index contributed by atoms with van der Waals surface area (Å²) >= 11 is 9.97. The van der Waals surface area contributed by atoms with Gasteiger partial charge in [-0.1, -0.05) is 0 Å². The van der Waals surface area contributed by atoms with Crippen LogP contribution in [0, 0.1) is 0 Å². The van der Waals surface area contributed by atoms with Gasteiger partial charge in [0.15, 0.2) is 0 Å². The molecule has 3 heteroatoms. The van der Waals surface area contributed by atoms with Crippen molar-refractivity contribution in [3.05, 3.63) is 0 Å². The zero-order valence-electron chi connectivity index (χ0n) is 3.24. The molecule has 0 N–H and O–H groups in total. The smallest absolute Gasteiger partial charge is 0.239 e. The van der Waals surface area contributed by atoms with Gasteiger partial charge in [0.25, 0.3) is 0 Å². The van der Waals surface area contributed by atoms with Gasteiger partial charge in [-0.15, -0.1) is 11.6 Å². The fourth-order valence-corrected chi connectivity index (χ4v) is 0. The van der Waals surface area contributed by atoms with Gasteiger partial charge < -0.3 is 0 Å². The molecule has 0 unspecified atom stereocenters. The monoisotopic (exact) mass is 126 g/mol. The summed E-state index contributed by atoms with van der Waals surface area (Å²) < 4.78 is 0. The lowest BCUT2D eigenvalue weighted by Crippen LogP contribution is -1.99. The number of alkyl halides is 1. The molecule has 6 heavy (non-hydrogen) atoms. The zero-order chi connectivity index (χ0) is 5.15. The van der Waals surface area contributed by atoms with Crippen LogP contribution in [0.1, 0.15) is 6.92 Å². The topological polar surface area (TPSA) is 17.1 Å². The Bertz CT molecular complexity index is 59.8. The molecule has 36 valence electrons. The Kier molecular flexibility index (Phi) is 2.53. The van der Waals surface area contributed by atoms with Gasteiger partial charge in [0.05, 0.1) is 0 Å². The lowest BCUT2D eigenvalue weighted by molar-refractivity contribution is -0.111. The van der Waals surface area contributed by atoms with Gasteiger partial charge in [-0.05, 0) is 18.5 Å².